The molecule has 0 spiro atoms. The van der Waals surface area contributed by atoms with E-state index in [-0.39, 0.29) is 23.0 Å². The first-order chi connectivity index (χ1) is 15.8. The van der Waals surface area contributed by atoms with Crippen molar-refractivity contribution in [2.45, 2.75) is 37.6 Å². The van der Waals surface area contributed by atoms with Crippen LogP contribution in [0.3, 0.4) is 0 Å². The summed E-state index contributed by atoms with van der Waals surface area (Å²) in [6.45, 7) is 4.72. The molecule has 0 saturated carbocycles. The summed E-state index contributed by atoms with van der Waals surface area (Å²) in [5.41, 5.74) is 2.06. The number of benzene rings is 2. The van der Waals surface area contributed by atoms with Crippen molar-refractivity contribution in [2.24, 2.45) is 0 Å². The molecule has 10 heteroatoms. The van der Waals surface area contributed by atoms with Gasteiger partial charge in [-0.05, 0) is 50.2 Å². The maximum absolute atomic E-state index is 13.0. The van der Waals surface area contributed by atoms with Crippen molar-refractivity contribution in [3.63, 3.8) is 0 Å². The molecule has 1 fully saturated rings. The van der Waals surface area contributed by atoms with Gasteiger partial charge in [0.2, 0.25) is 10.0 Å². The largest absolute Gasteiger partial charge is 0.487 e. The highest BCUT2D eigenvalue weighted by atomic mass is 32.2. The van der Waals surface area contributed by atoms with Gasteiger partial charge in [0, 0.05) is 24.2 Å². The lowest BCUT2D eigenvalue weighted by Crippen LogP contribution is -2.48. The molecule has 2 aliphatic heterocycles. The van der Waals surface area contributed by atoms with Gasteiger partial charge in [0.05, 0.1) is 27.7 Å². The Morgan fingerprint density at radius 3 is 2.52 bits per heavy atom. The molecule has 0 aliphatic carbocycles. The number of hydrogen-bond acceptors (Lipinski definition) is 7. The predicted molar refractivity (Wildman–Crippen MR) is 125 cm³/mol. The second-order valence-electron chi connectivity index (χ2n) is 8.13. The van der Waals surface area contributed by atoms with Gasteiger partial charge in [-0.2, -0.15) is 4.31 Å². The van der Waals surface area contributed by atoms with Crippen LogP contribution in [0.4, 0.5) is 5.13 Å². The van der Waals surface area contributed by atoms with E-state index in [2.05, 4.69) is 10.3 Å². The molecule has 2 atom stereocenters. The zero-order valence-electron chi connectivity index (χ0n) is 18.1. The Bertz CT molecular complexity index is 1290. The van der Waals surface area contributed by atoms with E-state index in [1.165, 1.54) is 39.9 Å². The van der Waals surface area contributed by atoms with Crippen molar-refractivity contribution in [3.05, 3.63) is 59.0 Å². The fourth-order valence-corrected chi connectivity index (χ4v) is 6.54. The van der Waals surface area contributed by atoms with Gasteiger partial charge >= 0.3 is 0 Å². The molecule has 0 radical (unpaired) electrons. The minimum absolute atomic E-state index is 0.152. The molecule has 3 heterocycles. The van der Waals surface area contributed by atoms with Crippen molar-refractivity contribution in [3.8, 4) is 17.0 Å². The standard InChI is InChI=1S/C23H23N3O5S2/c1-14-11-26(12-15(2)31-14)33(28,29)17-9-7-16(8-10-17)22(27)25-23-24-21-18-5-3-4-6-19(18)30-13-20(21)32-23/h3-10,14-15H,11-13H2,1-2H3,(H,24,25,27). The number of ether oxygens (including phenoxy) is 2. The Balaban J connectivity index is 1.32. The number of morpholine rings is 1. The molecular weight excluding hydrogens is 462 g/mol. The molecule has 172 valence electrons. The smallest absolute Gasteiger partial charge is 0.257 e. The maximum atomic E-state index is 13.0. The first-order valence-corrected chi connectivity index (χ1v) is 12.9. The van der Waals surface area contributed by atoms with E-state index < -0.39 is 10.0 Å². The summed E-state index contributed by atoms with van der Waals surface area (Å²) in [4.78, 5) is 18.4. The number of carbonyl (C=O) groups is 1. The SMILES string of the molecule is CC1CN(S(=O)(=O)c2ccc(C(=O)Nc3nc4c(s3)COc3ccccc3-4)cc2)CC(C)O1. The maximum Gasteiger partial charge on any atom is 0.257 e. The molecule has 5 rings (SSSR count). The molecule has 1 amide bonds. The molecular formula is C23H23N3O5S2. The Morgan fingerprint density at radius 1 is 1.09 bits per heavy atom. The normalized spacial score (nSPS) is 20.4. The second-order valence-corrected chi connectivity index (χ2v) is 11.2. The number of amides is 1. The van der Waals surface area contributed by atoms with Gasteiger partial charge in [-0.25, -0.2) is 13.4 Å². The Morgan fingerprint density at radius 2 is 1.79 bits per heavy atom. The van der Waals surface area contributed by atoms with Gasteiger partial charge in [-0.15, -0.1) is 0 Å². The highest BCUT2D eigenvalue weighted by Crippen LogP contribution is 2.40. The molecule has 1 aromatic heterocycles. The van der Waals surface area contributed by atoms with Crippen LogP contribution in [0.15, 0.2) is 53.4 Å². The Hall–Kier alpha value is -2.79. The number of nitrogens with zero attached hydrogens (tertiary/aromatic N) is 2. The van der Waals surface area contributed by atoms with Crippen LogP contribution in [-0.2, 0) is 21.4 Å². The Labute approximate surface area is 196 Å². The molecule has 2 unspecified atom stereocenters. The summed E-state index contributed by atoms with van der Waals surface area (Å²) in [7, 11) is -3.66. The van der Waals surface area contributed by atoms with Gasteiger partial charge in [0.15, 0.2) is 5.13 Å². The monoisotopic (exact) mass is 485 g/mol. The van der Waals surface area contributed by atoms with Crippen LogP contribution in [0.25, 0.3) is 11.3 Å². The van der Waals surface area contributed by atoms with Crippen LogP contribution in [0.2, 0.25) is 0 Å². The third kappa shape index (κ3) is 4.26. The lowest BCUT2D eigenvalue weighted by molar-refractivity contribution is -0.0440. The van der Waals surface area contributed by atoms with E-state index in [0.29, 0.717) is 30.4 Å². The number of carbonyl (C=O) groups excluding carboxylic acids is 1. The first-order valence-electron chi connectivity index (χ1n) is 10.6. The highest BCUT2D eigenvalue weighted by Gasteiger charge is 2.32. The molecule has 1 N–H and O–H groups in total. The number of para-hydroxylation sites is 1. The quantitative estimate of drug-likeness (QED) is 0.604. The van der Waals surface area contributed by atoms with Crippen LogP contribution < -0.4 is 10.1 Å². The molecule has 0 bridgehead atoms. The van der Waals surface area contributed by atoms with Crippen LogP contribution in [0, 0.1) is 0 Å². The molecule has 1 saturated heterocycles. The van der Waals surface area contributed by atoms with Crippen LogP contribution >= 0.6 is 11.3 Å². The number of sulfonamides is 1. The van der Waals surface area contributed by atoms with Crippen molar-refractivity contribution in [1.82, 2.24) is 9.29 Å². The van der Waals surface area contributed by atoms with Crippen molar-refractivity contribution < 1.29 is 22.7 Å². The number of anilines is 1. The van der Waals surface area contributed by atoms with Crippen LogP contribution in [0.5, 0.6) is 5.75 Å². The summed E-state index contributed by atoms with van der Waals surface area (Å²) in [5.74, 6) is 0.418. The lowest BCUT2D eigenvalue weighted by Gasteiger charge is -2.34. The average molecular weight is 486 g/mol. The average Bonchev–Trinajstić information content (AvgIpc) is 3.21. The molecule has 3 aromatic rings. The number of nitrogens with one attached hydrogen (secondary N) is 1. The van der Waals surface area contributed by atoms with Crippen LogP contribution in [-0.4, -0.2) is 48.9 Å². The number of thiazole rings is 1. The third-order valence-electron chi connectivity index (χ3n) is 5.56. The topological polar surface area (TPSA) is 97.8 Å². The predicted octanol–water partition coefficient (Wildman–Crippen LogP) is 3.75. The third-order valence-corrected chi connectivity index (χ3v) is 8.35. The highest BCUT2D eigenvalue weighted by molar-refractivity contribution is 7.89. The Kier molecular flexibility index (Phi) is 5.69. The van der Waals surface area contributed by atoms with E-state index in [0.717, 1.165) is 21.9 Å². The fraction of sp³-hybridized carbons (Fsp3) is 0.304. The van der Waals surface area contributed by atoms with Crippen molar-refractivity contribution in [1.29, 1.82) is 0 Å². The molecule has 2 aromatic carbocycles. The summed E-state index contributed by atoms with van der Waals surface area (Å²) in [5, 5.41) is 3.29. The number of fused-ring (bicyclic) bond motifs is 3. The van der Waals surface area contributed by atoms with Crippen molar-refractivity contribution in [2.75, 3.05) is 18.4 Å². The number of hydrogen-bond donors (Lipinski definition) is 1. The summed E-state index contributed by atoms with van der Waals surface area (Å²) >= 11 is 1.37. The zero-order valence-corrected chi connectivity index (χ0v) is 19.8. The summed E-state index contributed by atoms with van der Waals surface area (Å²) in [6, 6.07) is 13.6. The summed E-state index contributed by atoms with van der Waals surface area (Å²) < 4.78 is 38.8. The van der Waals surface area contributed by atoms with Gasteiger partial charge in [0.25, 0.3) is 5.91 Å². The van der Waals surface area contributed by atoms with Gasteiger partial charge in [-0.3, -0.25) is 10.1 Å². The molecule has 33 heavy (non-hydrogen) atoms. The van der Waals surface area contributed by atoms with E-state index >= 15 is 0 Å². The lowest BCUT2D eigenvalue weighted by atomic mass is 10.1. The first kappa shape index (κ1) is 22.0. The zero-order chi connectivity index (χ0) is 23.2. The van der Waals surface area contributed by atoms with Gasteiger partial charge < -0.3 is 9.47 Å². The van der Waals surface area contributed by atoms with Crippen molar-refractivity contribution >= 4 is 32.4 Å². The fourth-order valence-electron chi connectivity index (χ4n) is 4.07. The number of aromatic nitrogens is 1. The number of rotatable bonds is 4. The molecule has 8 nitrogen and oxygen atoms in total. The van der Waals surface area contributed by atoms with E-state index in [9.17, 15) is 13.2 Å². The summed E-state index contributed by atoms with van der Waals surface area (Å²) in [6.07, 6.45) is -0.342. The van der Waals surface area contributed by atoms with E-state index in [1.54, 1.807) is 0 Å². The van der Waals surface area contributed by atoms with E-state index in [1.807, 2.05) is 38.1 Å². The van der Waals surface area contributed by atoms with Gasteiger partial charge in [-0.1, -0.05) is 23.5 Å². The minimum atomic E-state index is -3.66. The van der Waals surface area contributed by atoms with Crippen LogP contribution in [0.1, 0.15) is 29.1 Å². The minimum Gasteiger partial charge on any atom is -0.487 e. The van der Waals surface area contributed by atoms with E-state index in [4.69, 9.17) is 9.47 Å². The van der Waals surface area contributed by atoms with Gasteiger partial charge in [0.1, 0.15) is 12.4 Å². The second kappa shape index (κ2) is 8.53. The molecule has 2 aliphatic rings.